The highest BCUT2D eigenvalue weighted by Crippen LogP contribution is 2.38. The molecule has 0 amide bonds. The van der Waals surface area contributed by atoms with Crippen molar-refractivity contribution in [2.45, 2.75) is 0 Å². The fourth-order valence-corrected chi connectivity index (χ4v) is 3.44. The first-order valence-electron chi connectivity index (χ1n) is 12.1. The summed E-state index contributed by atoms with van der Waals surface area (Å²) in [4.78, 5) is 0. The summed E-state index contributed by atoms with van der Waals surface area (Å²) in [6, 6.07) is 0.963. The van der Waals surface area contributed by atoms with Gasteiger partial charge in [-0.25, -0.2) is 43.9 Å². The van der Waals surface area contributed by atoms with Gasteiger partial charge in [-0.05, 0) is 0 Å². The zero-order valence-electron chi connectivity index (χ0n) is 23.5. The van der Waals surface area contributed by atoms with E-state index in [1.54, 1.807) is 0 Å². The molecule has 0 unspecified atom stereocenters. The van der Waals surface area contributed by atoms with Crippen molar-refractivity contribution in [2.75, 3.05) is 21.1 Å². The third-order valence-corrected chi connectivity index (χ3v) is 5.54. The van der Waals surface area contributed by atoms with E-state index in [2.05, 4.69) is 14.0 Å². The maximum atomic E-state index is 15.0. The van der Waals surface area contributed by atoms with Crippen LogP contribution in [0.1, 0.15) is 0 Å². The predicted octanol–water partition coefficient (Wildman–Crippen LogP) is 8.12. The summed E-state index contributed by atoms with van der Waals surface area (Å²) in [5, 5.41) is 0. The van der Waals surface area contributed by atoms with E-state index < -0.39 is 128 Å². The number of rotatable bonds is 7. The van der Waals surface area contributed by atoms with Gasteiger partial charge >= 0.3 is 7.32 Å². The molecule has 0 aromatic heterocycles. The highest BCUT2D eigenvalue weighted by Gasteiger charge is 2.42. The van der Waals surface area contributed by atoms with Gasteiger partial charge in [-0.2, -0.15) is 22.0 Å². The van der Waals surface area contributed by atoms with Gasteiger partial charge < -0.3 is 14.0 Å². The SMILES string of the molecule is C[N+](C)(C)c1c(F)c(F)c(F)c(OB(Oc2c(F)cc(F)c(F)c2F)Oc2c(F)cc(F)c(F)c2F)c1F.Fc1[c-]c(F)c(F)c(F)c1. The molecule has 0 fully saturated rings. The molecule has 4 aromatic carbocycles. The van der Waals surface area contributed by atoms with Gasteiger partial charge in [0.15, 0.2) is 52.2 Å². The quantitative estimate of drug-likeness (QED) is 0.0484. The third kappa shape index (κ3) is 7.66. The Labute approximate surface area is 258 Å². The van der Waals surface area contributed by atoms with Crippen molar-refractivity contribution in [3.63, 3.8) is 0 Å². The van der Waals surface area contributed by atoms with Crippen molar-refractivity contribution in [3.8, 4) is 17.2 Å². The molecule has 0 saturated heterocycles. The summed E-state index contributed by atoms with van der Waals surface area (Å²) in [6.07, 6.45) is 0. The van der Waals surface area contributed by atoms with E-state index in [0.717, 1.165) is 21.1 Å². The first-order chi connectivity index (χ1) is 22.1. The minimum absolute atomic E-state index is 0.221. The van der Waals surface area contributed by atoms with E-state index in [9.17, 15) is 65.9 Å². The maximum absolute atomic E-state index is 15.0. The van der Waals surface area contributed by atoms with Gasteiger partial charge in [0.2, 0.25) is 40.6 Å². The van der Waals surface area contributed by atoms with Crippen LogP contribution in [-0.2, 0) is 0 Å². The average Bonchev–Trinajstić information content (AvgIpc) is 2.98. The smallest absolute Gasteiger partial charge is 0.484 e. The number of halogens is 16. The molecule has 0 aliphatic heterocycles. The second-order valence-electron chi connectivity index (χ2n) is 9.78. The molecule has 0 saturated carbocycles. The van der Waals surface area contributed by atoms with Crippen molar-refractivity contribution in [1.29, 1.82) is 0 Å². The Balaban J connectivity index is 0.000000533. The molecule has 0 atom stereocenters. The second-order valence-corrected chi connectivity index (χ2v) is 9.78. The maximum Gasteiger partial charge on any atom is 0.864 e. The Hall–Kier alpha value is -4.82. The lowest BCUT2D eigenvalue weighted by atomic mass is 10.1. The van der Waals surface area contributed by atoms with E-state index in [4.69, 9.17) is 0 Å². The van der Waals surface area contributed by atoms with Crippen molar-refractivity contribution in [2.24, 2.45) is 0 Å². The van der Waals surface area contributed by atoms with Crippen LogP contribution < -0.4 is 18.4 Å². The molecule has 4 aromatic rings. The van der Waals surface area contributed by atoms with Crippen LogP contribution in [0.5, 0.6) is 17.2 Å². The molecule has 0 spiro atoms. The largest absolute Gasteiger partial charge is 0.864 e. The number of hydrogen-bond donors (Lipinski definition) is 0. The zero-order chi connectivity index (χ0) is 36.6. The second kappa shape index (κ2) is 14.1. The standard InChI is InChI=1S/C21H11BF12NO3.C6HF4/c1-35(2,3)18-13(30)12(29)16(33)21(17(18)34)38-22(36-19-8(25)4-6(23)10(27)14(19)31)37-20-9(26)5-7(24)11(28)15(20)32;7-3-1-4(8)6(10)5(9)2-3/h4-5H,1-3H3;1H/q+1;-1. The Bertz CT molecular complexity index is 1800. The molecule has 0 bridgehead atoms. The monoisotopic (exact) mass is 713 g/mol. The van der Waals surface area contributed by atoms with Crippen LogP contribution in [0.3, 0.4) is 0 Å². The predicted molar refractivity (Wildman–Crippen MR) is 131 cm³/mol. The van der Waals surface area contributed by atoms with E-state index in [1.165, 1.54) is 6.07 Å². The summed E-state index contributed by atoms with van der Waals surface area (Å²) < 4.78 is 228. The average molecular weight is 713 g/mol. The normalized spacial score (nSPS) is 11.2. The Morgan fingerprint density at radius 1 is 0.438 bits per heavy atom. The molecule has 4 rings (SSSR count). The van der Waals surface area contributed by atoms with Crippen LogP contribution in [0.4, 0.5) is 75.9 Å². The number of hydrogen-bond acceptors (Lipinski definition) is 3. The highest BCUT2D eigenvalue weighted by atomic mass is 19.2. The molecule has 4 nitrogen and oxygen atoms in total. The molecule has 0 aliphatic carbocycles. The van der Waals surface area contributed by atoms with Crippen molar-refractivity contribution >= 4 is 13.0 Å². The summed E-state index contributed by atoms with van der Waals surface area (Å²) in [5.41, 5.74) is -1.21. The molecule has 0 aliphatic rings. The fraction of sp³-hybridized carbons (Fsp3) is 0.111. The molecular formula is C27H12BF16NO3. The summed E-state index contributed by atoms with van der Waals surface area (Å²) in [6.45, 7) is 0. The van der Waals surface area contributed by atoms with Gasteiger partial charge in [0.05, 0.1) is 38.6 Å². The van der Waals surface area contributed by atoms with E-state index in [0.29, 0.717) is 0 Å². The molecule has 0 heterocycles. The molecule has 48 heavy (non-hydrogen) atoms. The van der Waals surface area contributed by atoms with Gasteiger partial charge in [-0.1, -0.05) is 6.07 Å². The molecule has 0 radical (unpaired) electrons. The lowest BCUT2D eigenvalue weighted by Crippen LogP contribution is -2.40. The topological polar surface area (TPSA) is 27.7 Å². The summed E-state index contributed by atoms with van der Waals surface area (Å²) in [7, 11) is -0.0476. The minimum Gasteiger partial charge on any atom is -0.484 e. The molecular weight excluding hydrogens is 701 g/mol. The first-order valence-corrected chi connectivity index (χ1v) is 12.1. The Morgan fingerprint density at radius 3 is 1.25 bits per heavy atom. The molecule has 258 valence electrons. The van der Waals surface area contributed by atoms with Crippen LogP contribution in [0.2, 0.25) is 0 Å². The number of quaternary nitrogens is 1. The molecule has 21 heteroatoms. The van der Waals surface area contributed by atoms with Crippen molar-refractivity contribution in [3.05, 3.63) is 117 Å². The van der Waals surface area contributed by atoms with Crippen LogP contribution in [0, 0.1) is 99.1 Å². The van der Waals surface area contributed by atoms with Crippen LogP contribution in [0.25, 0.3) is 0 Å². The van der Waals surface area contributed by atoms with Crippen LogP contribution in [0.15, 0.2) is 18.2 Å². The van der Waals surface area contributed by atoms with Crippen molar-refractivity contribution in [1.82, 2.24) is 4.48 Å². The lowest BCUT2D eigenvalue weighted by molar-refractivity contribution is 0.256. The first kappa shape index (κ1) is 37.6. The Morgan fingerprint density at radius 2 is 0.833 bits per heavy atom. The zero-order valence-corrected chi connectivity index (χ0v) is 23.5. The van der Waals surface area contributed by atoms with Gasteiger partial charge in [-0.15, -0.1) is 6.07 Å². The van der Waals surface area contributed by atoms with E-state index >= 15 is 4.39 Å². The molecule has 0 N–H and O–H groups in total. The van der Waals surface area contributed by atoms with Gasteiger partial charge in [-0.3, -0.25) is 8.87 Å². The van der Waals surface area contributed by atoms with Gasteiger partial charge in [0, 0.05) is 17.9 Å². The van der Waals surface area contributed by atoms with Gasteiger partial charge in [0.25, 0.3) is 0 Å². The lowest BCUT2D eigenvalue weighted by Gasteiger charge is -2.26. The summed E-state index contributed by atoms with van der Waals surface area (Å²) in [5.74, 6) is -38.9. The van der Waals surface area contributed by atoms with Crippen LogP contribution >= 0.6 is 0 Å². The fourth-order valence-electron chi connectivity index (χ4n) is 3.44. The van der Waals surface area contributed by atoms with Crippen molar-refractivity contribution < 1.29 is 84.2 Å². The van der Waals surface area contributed by atoms with E-state index in [-0.39, 0.29) is 18.2 Å². The number of benzene rings is 4. The van der Waals surface area contributed by atoms with E-state index in [1.807, 2.05) is 0 Å². The van der Waals surface area contributed by atoms with Crippen LogP contribution in [-0.4, -0.2) is 28.5 Å². The Kier molecular flexibility index (Phi) is 11.1. The summed E-state index contributed by atoms with van der Waals surface area (Å²) >= 11 is 0. The minimum atomic E-state index is -3.27. The number of nitrogens with zero attached hydrogens (tertiary/aromatic N) is 1. The highest BCUT2D eigenvalue weighted by molar-refractivity contribution is 6.39. The van der Waals surface area contributed by atoms with Gasteiger partial charge in [0.1, 0.15) is 0 Å². The third-order valence-electron chi connectivity index (χ3n) is 5.54.